The number of rotatable bonds is 14. The van der Waals surface area contributed by atoms with Gasteiger partial charge >= 0.3 is 0 Å². The van der Waals surface area contributed by atoms with Gasteiger partial charge in [0.1, 0.15) is 5.76 Å². The Morgan fingerprint density at radius 2 is 1.76 bits per heavy atom. The zero-order chi connectivity index (χ0) is 26.8. The lowest BCUT2D eigenvalue weighted by Gasteiger charge is -2.12. The third-order valence-corrected chi connectivity index (χ3v) is 7.59. The molecular weight excluding hydrogens is 500 g/mol. The molecule has 200 valence electrons. The van der Waals surface area contributed by atoms with Crippen LogP contribution in [0.5, 0.6) is 0 Å². The largest absolute Gasteiger partial charge is 0.441 e. The van der Waals surface area contributed by atoms with E-state index in [0.29, 0.717) is 24.7 Å². The molecule has 0 amide bonds. The average Bonchev–Trinajstić information content (AvgIpc) is 3.41. The van der Waals surface area contributed by atoms with Gasteiger partial charge < -0.3 is 14.8 Å². The van der Waals surface area contributed by atoms with Crippen LogP contribution in [-0.4, -0.2) is 36.6 Å². The fourth-order valence-electron chi connectivity index (χ4n) is 4.00. The zero-order valence-corrected chi connectivity index (χ0v) is 22.3. The quantitative estimate of drug-likeness (QED) is 0.192. The Hall–Kier alpha value is -3.53. The van der Waals surface area contributed by atoms with E-state index < -0.39 is 16.1 Å². The molecule has 0 spiro atoms. The lowest BCUT2D eigenvalue weighted by molar-refractivity contribution is 0.174. The lowest BCUT2D eigenvalue weighted by Crippen LogP contribution is -2.23. The van der Waals surface area contributed by atoms with E-state index in [1.165, 1.54) is 0 Å². The van der Waals surface area contributed by atoms with Crippen LogP contribution in [0.2, 0.25) is 0 Å². The van der Waals surface area contributed by atoms with Crippen LogP contribution in [0.4, 0.5) is 5.69 Å². The normalized spacial score (nSPS) is 12.4. The monoisotopic (exact) mass is 534 g/mol. The number of aliphatic hydroxyl groups is 1. The number of benzene rings is 2. The van der Waals surface area contributed by atoms with Crippen LogP contribution in [0.25, 0.3) is 11.5 Å². The Morgan fingerprint density at radius 1 is 0.974 bits per heavy atom. The average molecular weight is 535 g/mol. The highest BCUT2D eigenvalue weighted by Gasteiger charge is 2.15. The molecule has 0 bridgehead atoms. The van der Waals surface area contributed by atoms with Crippen LogP contribution in [0.3, 0.4) is 0 Å². The van der Waals surface area contributed by atoms with Crippen molar-refractivity contribution in [1.82, 2.24) is 15.3 Å². The first kappa shape index (κ1) is 27.5. The standard InChI is InChI=1S/C29H34N4O4S/c1-2-3-4-7-26-20-32-29(37-26)23-10-14-27(15-11-23)38(35,36)33-25-12-8-22(9-13-25)16-18-31-21-28(34)24-6-5-17-30-19-24/h5-6,8-15,17,19-20,28,31,33-34H,2-4,7,16,18,21H2,1H3. The third kappa shape index (κ3) is 7.74. The molecule has 2 aromatic heterocycles. The number of oxazole rings is 1. The smallest absolute Gasteiger partial charge is 0.261 e. The number of nitrogens with one attached hydrogen (secondary N) is 2. The number of anilines is 1. The maximum atomic E-state index is 12.9. The van der Waals surface area contributed by atoms with Gasteiger partial charge in [-0.1, -0.05) is 38.0 Å². The van der Waals surface area contributed by atoms with Crippen molar-refractivity contribution >= 4 is 15.7 Å². The SMILES string of the molecule is CCCCCc1cnc(-c2ccc(S(=O)(=O)Nc3ccc(CCNCC(O)c4cccnc4)cc3)cc2)o1. The van der Waals surface area contributed by atoms with Crippen LogP contribution >= 0.6 is 0 Å². The first-order valence-electron chi connectivity index (χ1n) is 12.9. The highest BCUT2D eigenvalue weighted by Crippen LogP contribution is 2.23. The van der Waals surface area contributed by atoms with E-state index in [9.17, 15) is 13.5 Å². The Balaban J connectivity index is 1.27. The van der Waals surface area contributed by atoms with Gasteiger partial charge in [-0.25, -0.2) is 13.4 Å². The molecule has 0 aliphatic rings. The van der Waals surface area contributed by atoms with Gasteiger partial charge in [-0.15, -0.1) is 0 Å². The van der Waals surface area contributed by atoms with Crippen molar-refractivity contribution in [3.63, 3.8) is 0 Å². The molecule has 9 heteroatoms. The minimum atomic E-state index is -3.74. The lowest BCUT2D eigenvalue weighted by atomic mass is 10.1. The summed E-state index contributed by atoms with van der Waals surface area (Å²) in [6.45, 7) is 3.27. The molecule has 2 heterocycles. The summed E-state index contributed by atoms with van der Waals surface area (Å²) in [5, 5.41) is 13.4. The summed E-state index contributed by atoms with van der Waals surface area (Å²) in [7, 11) is -3.74. The molecule has 0 saturated heterocycles. The van der Waals surface area contributed by atoms with Crippen molar-refractivity contribution in [3.8, 4) is 11.5 Å². The van der Waals surface area contributed by atoms with E-state index in [0.717, 1.165) is 54.6 Å². The predicted molar refractivity (Wildman–Crippen MR) is 148 cm³/mol. The van der Waals surface area contributed by atoms with Crippen molar-refractivity contribution in [2.24, 2.45) is 0 Å². The molecule has 0 fully saturated rings. The van der Waals surface area contributed by atoms with Gasteiger partial charge in [-0.3, -0.25) is 9.71 Å². The number of hydrogen-bond acceptors (Lipinski definition) is 7. The fraction of sp³-hybridized carbons (Fsp3) is 0.310. The topological polar surface area (TPSA) is 117 Å². The zero-order valence-electron chi connectivity index (χ0n) is 21.5. The second-order valence-electron chi connectivity index (χ2n) is 9.17. The molecule has 3 N–H and O–H groups in total. The number of unbranched alkanes of at least 4 members (excludes halogenated alkanes) is 2. The van der Waals surface area contributed by atoms with Crippen molar-refractivity contribution in [2.75, 3.05) is 17.8 Å². The van der Waals surface area contributed by atoms with E-state index in [4.69, 9.17) is 4.42 Å². The van der Waals surface area contributed by atoms with Gasteiger partial charge in [0.05, 0.1) is 17.2 Å². The fourth-order valence-corrected chi connectivity index (χ4v) is 5.06. The maximum Gasteiger partial charge on any atom is 0.261 e. The molecule has 0 saturated carbocycles. The Labute approximate surface area is 224 Å². The molecule has 1 atom stereocenters. The van der Waals surface area contributed by atoms with E-state index in [-0.39, 0.29) is 4.90 Å². The highest BCUT2D eigenvalue weighted by molar-refractivity contribution is 7.92. The molecule has 38 heavy (non-hydrogen) atoms. The molecule has 4 rings (SSSR count). The predicted octanol–water partition coefficient (Wildman–Crippen LogP) is 5.14. The summed E-state index contributed by atoms with van der Waals surface area (Å²) in [5.74, 6) is 1.33. The van der Waals surface area contributed by atoms with Gasteiger partial charge in [0.15, 0.2) is 0 Å². The Kier molecular flexibility index (Phi) is 9.64. The van der Waals surface area contributed by atoms with Crippen LogP contribution in [0, 0.1) is 0 Å². The van der Waals surface area contributed by atoms with Crippen LogP contribution in [0.1, 0.15) is 49.2 Å². The summed E-state index contributed by atoms with van der Waals surface area (Å²) < 4.78 is 34.2. The van der Waals surface area contributed by atoms with E-state index >= 15 is 0 Å². The molecule has 8 nitrogen and oxygen atoms in total. The minimum absolute atomic E-state index is 0.163. The highest BCUT2D eigenvalue weighted by atomic mass is 32.2. The van der Waals surface area contributed by atoms with Crippen LogP contribution in [0.15, 0.2) is 88.6 Å². The minimum Gasteiger partial charge on any atom is -0.441 e. The van der Waals surface area contributed by atoms with Crippen molar-refractivity contribution in [1.29, 1.82) is 0 Å². The summed E-state index contributed by atoms with van der Waals surface area (Å²) in [5.41, 5.74) is 3.05. The molecule has 0 radical (unpaired) electrons. The number of aryl methyl sites for hydroxylation is 1. The number of hydrogen-bond donors (Lipinski definition) is 3. The van der Waals surface area contributed by atoms with Crippen molar-refractivity contribution in [3.05, 3.63) is 96.1 Å². The number of sulfonamides is 1. The maximum absolute atomic E-state index is 12.9. The molecule has 1 unspecified atom stereocenters. The van der Waals surface area contributed by atoms with Gasteiger partial charge in [-0.05, 0) is 67.4 Å². The molecule has 4 aromatic rings. The molecular formula is C29H34N4O4S. The van der Waals surface area contributed by atoms with E-state index in [1.807, 2.05) is 18.2 Å². The van der Waals surface area contributed by atoms with Gasteiger partial charge in [0.25, 0.3) is 10.0 Å². The van der Waals surface area contributed by atoms with Gasteiger partial charge in [0.2, 0.25) is 5.89 Å². The second kappa shape index (κ2) is 13.3. The first-order valence-corrected chi connectivity index (χ1v) is 14.4. The Bertz CT molecular complexity index is 1370. The van der Waals surface area contributed by atoms with E-state index in [1.54, 1.807) is 61.1 Å². The van der Waals surface area contributed by atoms with Crippen LogP contribution in [-0.2, 0) is 22.9 Å². The summed E-state index contributed by atoms with van der Waals surface area (Å²) in [4.78, 5) is 8.51. The van der Waals surface area contributed by atoms with Crippen LogP contribution < -0.4 is 10.0 Å². The number of pyridine rings is 1. The van der Waals surface area contributed by atoms with Gasteiger partial charge in [-0.2, -0.15) is 0 Å². The van der Waals surface area contributed by atoms with Crippen molar-refractivity contribution in [2.45, 2.75) is 50.0 Å². The van der Waals surface area contributed by atoms with Gasteiger partial charge in [0, 0.05) is 42.2 Å². The van der Waals surface area contributed by atoms with E-state index in [2.05, 4.69) is 26.9 Å². The molecule has 0 aliphatic heterocycles. The number of aliphatic hydroxyl groups excluding tert-OH is 1. The Morgan fingerprint density at radius 3 is 2.47 bits per heavy atom. The molecule has 0 aliphatic carbocycles. The second-order valence-corrected chi connectivity index (χ2v) is 10.9. The third-order valence-electron chi connectivity index (χ3n) is 6.20. The summed E-state index contributed by atoms with van der Waals surface area (Å²) in [6, 6.07) is 17.4. The van der Waals surface area contributed by atoms with Crippen molar-refractivity contribution < 1.29 is 17.9 Å². The summed E-state index contributed by atoms with van der Waals surface area (Å²) in [6.07, 6.45) is 9.40. The molecule has 2 aromatic carbocycles. The summed E-state index contributed by atoms with van der Waals surface area (Å²) >= 11 is 0. The first-order chi connectivity index (χ1) is 18.4. The number of aromatic nitrogens is 2. The number of nitrogens with zero attached hydrogens (tertiary/aromatic N) is 2.